The zero-order valence-electron chi connectivity index (χ0n) is 22.6. The monoisotopic (exact) mass is 617 g/mol. The molecule has 0 bridgehead atoms. The molecular formula is C32H32BrN3O3S. The Labute approximate surface area is 248 Å². The van der Waals surface area contributed by atoms with Crippen LogP contribution in [-0.4, -0.2) is 29.5 Å². The molecule has 2 aliphatic rings. The topological polar surface area (TPSA) is 74.6 Å². The van der Waals surface area contributed by atoms with Gasteiger partial charge in [-0.15, -0.1) is 0 Å². The van der Waals surface area contributed by atoms with E-state index in [0.717, 1.165) is 40.5 Å². The highest BCUT2D eigenvalue weighted by molar-refractivity contribution is 9.10. The minimum Gasteiger partial charge on any atom is -0.493 e. The molecule has 5 rings (SSSR count). The quantitative estimate of drug-likeness (QED) is 0.260. The molecule has 3 aromatic rings. The van der Waals surface area contributed by atoms with E-state index in [1.807, 2.05) is 66.7 Å². The van der Waals surface area contributed by atoms with Crippen LogP contribution >= 0.6 is 27.7 Å². The number of benzene rings is 3. The fourth-order valence-electron chi connectivity index (χ4n) is 5.35. The molecule has 0 aromatic heterocycles. The van der Waals surface area contributed by atoms with E-state index in [1.165, 1.54) is 6.42 Å². The zero-order chi connectivity index (χ0) is 28.1. The van der Waals surface area contributed by atoms with Crippen molar-refractivity contribution in [2.24, 2.45) is 5.92 Å². The maximum Gasteiger partial charge on any atom is 0.262 e. The maximum absolute atomic E-state index is 13.9. The lowest BCUT2D eigenvalue weighted by Crippen LogP contribution is -2.48. The van der Waals surface area contributed by atoms with E-state index in [9.17, 15) is 10.1 Å². The molecule has 6 nitrogen and oxygen atoms in total. The predicted octanol–water partition coefficient (Wildman–Crippen LogP) is 7.80. The molecule has 3 atom stereocenters. The molecule has 3 aromatic carbocycles. The van der Waals surface area contributed by atoms with Crippen molar-refractivity contribution in [3.8, 4) is 17.6 Å². The second-order valence-corrected chi connectivity index (χ2v) is 12.1. The first-order valence-corrected chi connectivity index (χ1v) is 15.2. The Bertz CT molecular complexity index is 1440. The van der Waals surface area contributed by atoms with E-state index in [1.54, 1.807) is 24.9 Å². The smallest absolute Gasteiger partial charge is 0.262 e. The van der Waals surface area contributed by atoms with Crippen LogP contribution in [0.4, 0.5) is 5.69 Å². The summed E-state index contributed by atoms with van der Waals surface area (Å²) in [7, 11) is 1.59. The van der Waals surface area contributed by atoms with Gasteiger partial charge in [0, 0.05) is 21.8 Å². The van der Waals surface area contributed by atoms with Crippen LogP contribution in [0.2, 0.25) is 0 Å². The van der Waals surface area contributed by atoms with E-state index in [4.69, 9.17) is 9.47 Å². The van der Waals surface area contributed by atoms with E-state index in [-0.39, 0.29) is 24.1 Å². The van der Waals surface area contributed by atoms with Crippen LogP contribution in [0.1, 0.15) is 49.3 Å². The molecule has 40 heavy (non-hydrogen) atoms. The molecule has 8 heteroatoms. The van der Waals surface area contributed by atoms with Gasteiger partial charge in [0.15, 0.2) is 17.0 Å². The van der Waals surface area contributed by atoms with Crippen LogP contribution < -0.4 is 14.8 Å². The first kappa shape index (κ1) is 28.1. The lowest BCUT2D eigenvalue weighted by molar-refractivity contribution is -0.129. The van der Waals surface area contributed by atoms with Gasteiger partial charge in [-0.2, -0.15) is 5.26 Å². The number of methoxy groups -OCH3 is 1. The Kier molecular flexibility index (Phi) is 9.03. The largest absolute Gasteiger partial charge is 0.493 e. The van der Waals surface area contributed by atoms with Gasteiger partial charge < -0.3 is 19.7 Å². The van der Waals surface area contributed by atoms with Crippen molar-refractivity contribution < 1.29 is 14.3 Å². The normalized spacial score (nSPS) is 21.8. The average Bonchev–Trinajstić information content (AvgIpc) is 3.27. The van der Waals surface area contributed by atoms with Crippen molar-refractivity contribution in [3.05, 3.63) is 92.8 Å². The summed E-state index contributed by atoms with van der Waals surface area (Å²) in [6.45, 7) is 2.50. The summed E-state index contributed by atoms with van der Waals surface area (Å²) in [6.07, 6.45) is 6.45. The van der Waals surface area contributed by atoms with Gasteiger partial charge in [-0.1, -0.05) is 83.9 Å². The number of carbonyl (C=O) groups is 1. The average molecular weight is 619 g/mol. The molecule has 0 radical (unpaired) electrons. The minimum absolute atomic E-state index is 0.0523. The number of carbonyl (C=O) groups excluding carboxylic acids is 1. The first-order valence-electron chi connectivity index (χ1n) is 13.5. The van der Waals surface area contributed by atoms with E-state index in [2.05, 4.69) is 39.1 Å². The van der Waals surface area contributed by atoms with Gasteiger partial charge in [-0.3, -0.25) is 4.79 Å². The Morgan fingerprint density at radius 3 is 2.60 bits per heavy atom. The third-order valence-electron chi connectivity index (χ3n) is 7.51. The summed E-state index contributed by atoms with van der Waals surface area (Å²) in [5, 5.41) is 13.0. The maximum atomic E-state index is 13.9. The molecule has 1 unspecified atom stereocenters. The number of thioether (sulfide) groups is 1. The fraction of sp³-hybridized carbons (Fsp3) is 0.312. The molecule has 1 N–H and O–H groups in total. The summed E-state index contributed by atoms with van der Waals surface area (Å²) in [6, 6.07) is 23.6. The van der Waals surface area contributed by atoms with Gasteiger partial charge in [-0.05, 0) is 60.7 Å². The van der Waals surface area contributed by atoms with Gasteiger partial charge in [0.25, 0.3) is 5.91 Å². The van der Waals surface area contributed by atoms with Crippen molar-refractivity contribution in [1.29, 1.82) is 5.26 Å². The van der Waals surface area contributed by atoms with E-state index in [0.29, 0.717) is 27.9 Å². The number of nitrogens with one attached hydrogen (secondary N) is 1. The standard InChI is InChI=1S/C32H32BrN3O3S/c1-21-10-6-9-15-27(21)36-31(37)30(40-32(36)35-25-13-4-3-5-14-25)17-24-16-28(38-2)29(18-26(24)33)39-20-23-12-8-7-11-22(23)19-34/h3-5,7-8,11-14,16-18,21,27,32,35H,6,9-10,15,20H2,1-2H3/b30-17-/t21-,27-,32?/m1/s1. The first-order chi connectivity index (χ1) is 19.5. The number of rotatable bonds is 8. The third kappa shape index (κ3) is 6.16. The van der Waals surface area contributed by atoms with Crippen LogP contribution in [-0.2, 0) is 11.4 Å². The van der Waals surface area contributed by atoms with Crippen molar-refractivity contribution >= 4 is 45.4 Å². The molecule has 1 saturated heterocycles. The van der Waals surface area contributed by atoms with Gasteiger partial charge in [0.05, 0.1) is 23.6 Å². The zero-order valence-corrected chi connectivity index (χ0v) is 25.0. The molecule has 1 heterocycles. The van der Waals surface area contributed by atoms with Gasteiger partial charge in [0.2, 0.25) is 0 Å². The molecule has 1 saturated carbocycles. The summed E-state index contributed by atoms with van der Waals surface area (Å²) < 4.78 is 12.5. The second-order valence-electron chi connectivity index (χ2n) is 10.1. The van der Waals surface area contributed by atoms with E-state index >= 15 is 0 Å². The van der Waals surface area contributed by atoms with Crippen LogP contribution in [0, 0.1) is 17.2 Å². The van der Waals surface area contributed by atoms with Crippen LogP contribution in [0.15, 0.2) is 76.1 Å². The van der Waals surface area contributed by atoms with Crippen LogP contribution in [0.5, 0.6) is 11.5 Å². The number of ether oxygens (including phenoxy) is 2. The van der Waals surface area contributed by atoms with Crippen molar-refractivity contribution in [2.75, 3.05) is 12.4 Å². The fourth-order valence-corrected chi connectivity index (χ4v) is 6.99. The van der Waals surface area contributed by atoms with Gasteiger partial charge >= 0.3 is 0 Å². The van der Waals surface area contributed by atoms with E-state index < -0.39 is 0 Å². The lowest BCUT2D eigenvalue weighted by atomic mass is 9.85. The predicted molar refractivity (Wildman–Crippen MR) is 164 cm³/mol. The summed E-state index contributed by atoms with van der Waals surface area (Å²) in [4.78, 5) is 16.7. The molecule has 1 amide bonds. The van der Waals surface area contributed by atoms with Crippen molar-refractivity contribution in [3.63, 3.8) is 0 Å². The SMILES string of the molecule is COc1cc(/C=C2\SC(Nc3ccccc3)N([C@@H]3CCCC[C@H]3C)C2=O)c(Br)cc1OCc1ccccc1C#N. The van der Waals surface area contributed by atoms with Crippen LogP contribution in [0.25, 0.3) is 6.08 Å². The molecule has 1 aliphatic heterocycles. The van der Waals surface area contributed by atoms with Gasteiger partial charge in [0.1, 0.15) is 6.61 Å². The number of anilines is 1. The van der Waals surface area contributed by atoms with Crippen molar-refractivity contribution in [2.45, 2.75) is 50.8 Å². The number of nitrogens with zero attached hydrogens (tertiary/aromatic N) is 2. The lowest BCUT2D eigenvalue weighted by Gasteiger charge is -2.39. The van der Waals surface area contributed by atoms with Gasteiger partial charge in [-0.25, -0.2) is 0 Å². The van der Waals surface area contributed by atoms with Crippen molar-refractivity contribution in [1.82, 2.24) is 4.90 Å². The Hall–Kier alpha value is -3.41. The molecular weight excluding hydrogens is 586 g/mol. The molecule has 1 aliphatic carbocycles. The highest BCUT2D eigenvalue weighted by Crippen LogP contribution is 2.43. The Balaban J connectivity index is 1.42. The molecule has 0 spiro atoms. The summed E-state index contributed by atoms with van der Waals surface area (Å²) in [5.41, 5.74) is 3.01. The minimum atomic E-state index is -0.185. The summed E-state index contributed by atoms with van der Waals surface area (Å²) >= 11 is 5.23. The second kappa shape index (κ2) is 12.8. The highest BCUT2D eigenvalue weighted by Gasteiger charge is 2.43. The Morgan fingerprint density at radius 2 is 1.85 bits per heavy atom. The molecule has 206 valence electrons. The molecule has 2 fully saturated rings. The number of nitriles is 1. The number of hydrogen-bond donors (Lipinski definition) is 1. The van der Waals surface area contributed by atoms with Crippen LogP contribution in [0.3, 0.4) is 0 Å². The summed E-state index contributed by atoms with van der Waals surface area (Å²) in [5.74, 6) is 1.61. The number of para-hydroxylation sites is 1. The highest BCUT2D eigenvalue weighted by atomic mass is 79.9. The number of halogens is 1. The Morgan fingerprint density at radius 1 is 1.10 bits per heavy atom. The third-order valence-corrected chi connectivity index (χ3v) is 9.32. The number of hydrogen-bond acceptors (Lipinski definition) is 6. The number of amides is 1.